The molecule has 6 heteroatoms. The van der Waals surface area contributed by atoms with Crippen molar-refractivity contribution < 1.29 is 23.8 Å². The quantitative estimate of drug-likeness (QED) is 0.692. The number of carbonyl (C=O) groups excluding carboxylic acids is 2. The van der Waals surface area contributed by atoms with E-state index in [0.717, 1.165) is 6.42 Å². The number of fused-ring (bicyclic) bond motifs is 1. The average molecular weight is 301 g/mol. The number of H-pyrrole nitrogens is 1. The van der Waals surface area contributed by atoms with Crippen LogP contribution in [0.1, 0.15) is 27.3 Å². The summed E-state index contributed by atoms with van der Waals surface area (Å²) in [6.07, 6.45) is 2.41. The fraction of sp³-hybridized carbons (Fsp3) is 0.250. The maximum Gasteiger partial charge on any atom is 0.355 e. The maximum atomic E-state index is 12.1. The van der Waals surface area contributed by atoms with E-state index in [1.54, 1.807) is 36.5 Å². The summed E-state index contributed by atoms with van der Waals surface area (Å²) in [7, 11) is 0. The third-order valence-electron chi connectivity index (χ3n) is 3.22. The van der Waals surface area contributed by atoms with Crippen LogP contribution in [0.25, 0.3) is 0 Å². The summed E-state index contributed by atoms with van der Waals surface area (Å²) >= 11 is 0. The lowest BCUT2D eigenvalue weighted by Crippen LogP contribution is -2.14. The van der Waals surface area contributed by atoms with Gasteiger partial charge in [-0.05, 0) is 30.3 Å². The second-order valence-corrected chi connectivity index (χ2v) is 4.80. The zero-order valence-corrected chi connectivity index (χ0v) is 11.8. The molecule has 3 rings (SSSR count). The fourth-order valence-electron chi connectivity index (χ4n) is 2.09. The average Bonchev–Trinajstić information content (AvgIpc) is 2.97. The minimum Gasteiger partial charge on any atom is -0.490 e. The summed E-state index contributed by atoms with van der Waals surface area (Å²) in [5, 5.41) is 0. The number of ketones is 1. The molecule has 22 heavy (non-hydrogen) atoms. The normalized spacial score (nSPS) is 13.3. The van der Waals surface area contributed by atoms with Crippen molar-refractivity contribution in [3.63, 3.8) is 0 Å². The number of hydrogen-bond donors (Lipinski definition) is 1. The van der Waals surface area contributed by atoms with Crippen molar-refractivity contribution in [1.82, 2.24) is 4.98 Å². The van der Waals surface area contributed by atoms with E-state index in [1.165, 1.54) is 0 Å². The van der Waals surface area contributed by atoms with Crippen LogP contribution in [0, 0.1) is 0 Å². The monoisotopic (exact) mass is 301 g/mol. The van der Waals surface area contributed by atoms with Crippen molar-refractivity contribution in [2.24, 2.45) is 0 Å². The molecule has 0 spiro atoms. The molecule has 0 atom stereocenters. The first kappa shape index (κ1) is 14.2. The molecule has 0 bridgehead atoms. The van der Waals surface area contributed by atoms with Crippen LogP contribution in [0.3, 0.4) is 0 Å². The minimum atomic E-state index is -0.562. The summed E-state index contributed by atoms with van der Waals surface area (Å²) in [4.78, 5) is 26.5. The summed E-state index contributed by atoms with van der Waals surface area (Å²) in [5.41, 5.74) is 0.731. The molecule has 1 aliphatic heterocycles. The first-order valence-electron chi connectivity index (χ1n) is 6.97. The number of carbonyl (C=O) groups is 2. The first-order valence-corrected chi connectivity index (χ1v) is 6.97. The Labute approximate surface area is 127 Å². The van der Waals surface area contributed by atoms with Crippen molar-refractivity contribution in [2.75, 3.05) is 19.8 Å². The second-order valence-electron chi connectivity index (χ2n) is 4.80. The molecule has 0 aliphatic carbocycles. The Kier molecular flexibility index (Phi) is 4.09. The molecule has 1 aromatic carbocycles. The lowest BCUT2D eigenvalue weighted by atomic mass is 10.1. The van der Waals surface area contributed by atoms with Gasteiger partial charge in [-0.1, -0.05) is 0 Å². The van der Waals surface area contributed by atoms with Crippen LogP contribution in [0.4, 0.5) is 0 Å². The highest BCUT2D eigenvalue weighted by molar-refractivity contribution is 5.99. The highest BCUT2D eigenvalue weighted by Gasteiger charge is 2.16. The van der Waals surface area contributed by atoms with Gasteiger partial charge in [0.05, 0.1) is 13.2 Å². The summed E-state index contributed by atoms with van der Waals surface area (Å²) in [6, 6.07) is 8.22. The molecule has 0 amide bonds. The molecule has 0 fully saturated rings. The Morgan fingerprint density at radius 1 is 1.14 bits per heavy atom. The number of Topliss-reactive ketones (excluding diaryl/α,β-unsaturated/α-hetero) is 1. The minimum absolute atomic E-state index is 0.296. The van der Waals surface area contributed by atoms with Crippen molar-refractivity contribution in [2.45, 2.75) is 6.42 Å². The predicted molar refractivity (Wildman–Crippen MR) is 77.5 cm³/mol. The molecule has 0 unspecified atom stereocenters. The molecule has 2 heterocycles. The van der Waals surface area contributed by atoms with Gasteiger partial charge in [0.15, 0.2) is 23.9 Å². The number of hydrogen-bond acceptors (Lipinski definition) is 5. The number of nitrogens with one attached hydrogen (secondary N) is 1. The summed E-state index contributed by atoms with van der Waals surface area (Å²) in [6.45, 7) is 0.817. The number of ether oxygens (including phenoxy) is 3. The van der Waals surface area contributed by atoms with Crippen molar-refractivity contribution in [1.29, 1.82) is 0 Å². The van der Waals surface area contributed by atoms with Crippen LogP contribution in [0.15, 0.2) is 36.5 Å². The smallest absolute Gasteiger partial charge is 0.355 e. The van der Waals surface area contributed by atoms with Crippen molar-refractivity contribution >= 4 is 11.8 Å². The van der Waals surface area contributed by atoms with E-state index in [9.17, 15) is 9.59 Å². The SMILES string of the molecule is O=C(COC(=O)c1ccc[nH]1)c1ccc2c(c1)OCCCO2. The van der Waals surface area contributed by atoms with Gasteiger partial charge >= 0.3 is 5.97 Å². The molecular formula is C16H15NO5. The number of rotatable bonds is 4. The molecular weight excluding hydrogens is 286 g/mol. The standard InChI is InChI=1S/C16H15NO5/c18-13(10-22-16(19)12-3-1-6-17-12)11-4-5-14-15(9-11)21-8-2-7-20-14/h1,3-6,9,17H,2,7-8,10H2. The van der Waals surface area contributed by atoms with Crippen LogP contribution in [0.5, 0.6) is 11.5 Å². The zero-order valence-electron chi connectivity index (χ0n) is 11.8. The highest BCUT2D eigenvalue weighted by Crippen LogP contribution is 2.30. The van der Waals surface area contributed by atoms with Crippen LogP contribution >= 0.6 is 0 Å². The van der Waals surface area contributed by atoms with Gasteiger partial charge in [0, 0.05) is 18.2 Å². The van der Waals surface area contributed by atoms with Gasteiger partial charge in [0.25, 0.3) is 0 Å². The van der Waals surface area contributed by atoms with Crippen LogP contribution in [-0.2, 0) is 4.74 Å². The number of benzene rings is 1. The Morgan fingerprint density at radius 3 is 2.73 bits per heavy atom. The number of aromatic nitrogens is 1. The van der Waals surface area contributed by atoms with Gasteiger partial charge in [0.1, 0.15) is 5.69 Å². The molecule has 6 nitrogen and oxygen atoms in total. The van der Waals surface area contributed by atoms with E-state index >= 15 is 0 Å². The largest absolute Gasteiger partial charge is 0.490 e. The number of aromatic amines is 1. The van der Waals surface area contributed by atoms with Crippen LogP contribution in [0.2, 0.25) is 0 Å². The highest BCUT2D eigenvalue weighted by atomic mass is 16.5. The van der Waals surface area contributed by atoms with E-state index in [4.69, 9.17) is 14.2 Å². The van der Waals surface area contributed by atoms with Gasteiger partial charge < -0.3 is 19.2 Å². The second kappa shape index (κ2) is 6.34. The van der Waals surface area contributed by atoms with E-state index in [1.807, 2.05) is 0 Å². The summed E-state index contributed by atoms with van der Waals surface area (Å²) in [5.74, 6) is 0.305. The predicted octanol–water partition coefficient (Wildman–Crippen LogP) is 2.22. The Balaban J connectivity index is 1.65. The van der Waals surface area contributed by atoms with E-state index in [-0.39, 0.29) is 12.4 Å². The molecule has 114 valence electrons. The molecule has 1 N–H and O–H groups in total. The Hall–Kier alpha value is -2.76. The Morgan fingerprint density at radius 2 is 1.95 bits per heavy atom. The lowest BCUT2D eigenvalue weighted by Gasteiger charge is -2.09. The van der Waals surface area contributed by atoms with Crippen LogP contribution in [-0.4, -0.2) is 36.6 Å². The lowest BCUT2D eigenvalue weighted by molar-refractivity contribution is 0.0469. The van der Waals surface area contributed by atoms with Crippen molar-refractivity contribution in [3.8, 4) is 11.5 Å². The topological polar surface area (TPSA) is 77.6 Å². The third-order valence-corrected chi connectivity index (χ3v) is 3.22. The fourth-order valence-corrected chi connectivity index (χ4v) is 2.09. The van der Waals surface area contributed by atoms with Gasteiger partial charge in [0.2, 0.25) is 0 Å². The van der Waals surface area contributed by atoms with Gasteiger partial charge in [-0.25, -0.2) is 4.79 Å². The molecule has 0 radical (unpaired) electrons. The van der Waals surface area contributed by atoms with Gasteiger partial charge in [-0.2, -0.15) is 0 Å². The maximum absolute atomic E-state index is 12.1. The Bertz CT molecular complexity index is 678. The van der Waals surface area contributed by atoms with Gasteiger partial charge in [-0.15, -0.1) is 0 Å². The molecule has 0 saturated heterocycles. The number of esters is 1. The van der Waals surface area contributed by atoms with Gasteiger partial charge in [-0.3, -0.25) is 4.79 Å². The molecule has 1 aromatic heterocycles. The van der Waals surface area contributed by atoms with E-state index in [2.05, 4.69) is 4.98 Å². The first-order chi connectivity index (χ1) is 10.7. The molecule has 0 saturated carbocycles. The molecule has 1 aliphatic rings. The zero-order chi connectivity index (χ0) is 15.4. The van der Waals surface area contributed by atoms with Crippen molar-refractivity contribution in [3.05, 3.63) is 47.8 Å². The van der Waals surface area contributed by atoms with Crippen LogP contribution < -0.4 is 9.47 Å². The van der Waals surface area contributed by atoms with E-state index < -0.39 is 5.97 Å². The molecule has 2 aromatic rings. The summed E-state index contributed by atoms with van der Waals surface area (Å²) < 4.78 is 16.0. The third kappa shape index (κ3) is 3.11. The van der Waals surface area contributed by atoms with E-state index in [0.29, 0.717) is 36.0 Å².